The van der Waals surface area contributed by atoms with Crippen molar-refractivity contribution in [2.75, 3.05) is 0 Å². The van der Waals surface area contributed by atoms with Crippen LogP contribution in [0.25, 0.3) is 22.6 Å². The van der Waals surface area contributed by atoms with E-state index in [1.165, 1.54) is 6.07 Å². The van der Waals surface area contributed by atoms with Gasteiger partial charge in [-0.2, -0.15) is 0 Å². The normalized spacial score (nSPS) is 11.1. The van der Waals surface area contributed by atoms with Crippen LogP contribution in [0.2, 0.25) is 0 Å². The largest absolute Gasteiger partial charge is 0.337 e. The number of benzene rings is 1. The van der Waals surface area contributed by atoms with Crippen molar-refractivity contribution >= 4 is 27.0 Å². The summed E-state index contributed by atoms with van der Waals surface area (Å²) in [5.74, 6) is 0.344. The van der Waals surface area contributed by atoms with E-state index in [4.69, 9.17) is 0 Å². The van der Waals surface area contributed by atoms with Crippen LogP contribution in [0.15, 0.2) is 34.9 Å². The van der Waals surface area contributed by atoms with Crippen molar-refractivity contribution in [3.8, 4) is 11.5 Å². The summed E-state index contributed by atoms with van der Waals surface area (Å²) in [6.07, 6.45) is 1.71. The lowest BCUT2D eigenvalue weighted by atomic mass is 10.2. The summed E-state index contributed by atoms with van der Waals surface area (Å²) in [6, 6.07) is 6.92. The molecule has 0 amide bonds. The molecule has 2 aromatic heterocycles. The Morgan fingerprint density at radius 2 is 2.17 bits per heavy atom. The maximum atomic E-state index is 13.4. The molecule has 0 aliphatic rings. The Hall–Kier alpha value is -1.75. The molecule has 0 unspecified atom stereocenters. The number of aryl methyl sites for hydroxylation is 1. The molecule has 1 aromatic carbocycles. The first-order chi connectivity index (χ1) is 8.65. The number of imidazole rings is 1. The fraction of sp³-hybridized carbons (Fsp3) is 0.0769. The Morgan fingerprint density at radius 3 is 2.94 bits per heavy atom. The van der Waals surface area contributed by atoms with Crippen molar-refractivity contribution < 1.29 is 4.39 Å². The smallest absolute Gasteiger partial charge is 0.157 e. The molecule has 0 aliphatic carbocycles. The number of hydrogen-bond donors (Lipinski definition) is 1. The van der Waals surface area contributed by atoms with Crippen molar-refractivity contribution in [1.29, 1.82) is 0 Å². The van der Waals surface area contributed by atoms with E-state index < -0.39 is 0 Å². The van der Waals surface area contributed by atoms with Gasteiger partial charge in [0.1, 0.15) is 11.5 Å². The third-order valence-corrected chi connectivity index (χ3v) is 3.37. The lowest BCUT2D eigenvalue weighted by Crippen LogP contribution is -1.88. The summed E-state index contributed by atoms with van der Waals surface area (Å²) in [7, 11) is 0. The van der Waals surface area contributed by atoms with Gasteiger partial charge in [-0.25, -0.2) is 9.37 Å². The average molecular weight is 306 g/mol. The van der Waals surface area contributed by atoms with Crippen molar-refractivity contribution in [3.05, 3.63) is 46.3 Å². The minimum absolute atomic E-state index is 0.310. The highest BCUT2D eigenvalue weighted by molar-refractivity contribution is 9.10. The van der Waals surface area contributed by atoms with Gasteiger partial charge in [0, 0.05) is 12.3 Å². The highest BCUT2D eigenvalue weighted by Gasteiger charge is 2.10. The summed E-state index contributed by atoms with van der Waals surface area (Å²) >= 11 is 3.15. The molecule has 18 heavy (non-hydrogen) atoms. The first-order valence-corrected chi connectivity index (χ1v) is 6.21. The predicted octanol–water partition coefficient (Wildman–Crippen LogP) is 3.83. The van der Waals surface area contributed by atoms with Crippen LogP contribution < -0.4 is 0 Å². The van der Waals surface area contributed by atoms with Crippen LogP contribution in [0.5, 0.6) is 0 Å². The number of aromatic amines is 1. The molecule has 0 bridgehead atoms. The van der Waals surface area contributed by atoms with Gasteiger partial charge in [-0.3, -0.25) is 4.98 Å². The van der Waals surface area contributed by atoms with E-state index in [9.17, 15) is 4.39 Å². The average Bonchev–Trinajstić information content (AvgIpc) is 2.73. The number of hydrogen-bond acceptors (Lipinski definition) is 2. The van der Waals surface area contributed by atoms with Gasteiger partial charge in [0.05, 0.1) is 15.5 Å². The van der Waals surface area contributed by atoms with Gasteiger partial charge < -0.3 is 4.98 Å². The highest BCUT2D eigenvalue weighted by Crippen LogP contribution is 2.25. The Morgan fingerprint density at radius 1 is 1.33 bits per heavy atom. The van der Waals surface area contributed by atoms with Gasteiger partial charge in [0.15, 0.2) is 5.82 Å². The fourth-order valence-corrected chi connectivity index (χ4v) is 2.18. The lowest BCUT2D eigenvalue weighted by Gasteiger charge is -1.98. The molecule has 0 saturated heterocycles. The minimum Gasteiger partial charge on any atom is -0.337 e. The van der Waals surface area contributed by atoms with E-state index in [1.54, 1.807) is 12.3 Å². The number of aromatic nitrogens is 3. The Labute approximate surface area is 111 Å². The Bertz CT molecular complexity index is 697. The third kappa shape index (κ3) is 1.80. The molecule has 0 atom stereocenters. The molecule has 0 saturated carbocycles. The quantitative estimate of drug-likeness (QED) is 0.742. The second-order valence-electron chi connectivity index (χ2n) is 4.04. The second-order valence-corrected chi connectivity index (χ2v) is 4.89. The molecule has 0 aliphatic heterocycles. The molecule has 1 N–H and O–H groups in total. The molecule has 3 rings (SSSR count). The maximum Gasteiger partial charge on any atom is 0.157 e. The number of pyridine rings is 1. The molecule has 0 fully saturated rings. The SMILES string of the molecule is Cc1cccnc1-c1nc2cc(Br)c(F)cc2[nH]1. The lowest BCUT2D eigenvalue weighted by molar-refractivity contribution is 0.623. The van der Waals surface area contributed by atoms with E-state index in [-0.39, 0.29) is 5.82 Å². The molecule has 5 heteroatoms. The van der Waals surface area contributed by atoms with Gasteiger partial charge in [-0.05, 0) is 40.5 Å². The van der Waals surface area contributed by atoms with Crippen molar-refractivity contribution in [1.82, 2.24) is 15.0 Å². The number of halogens is 2. The van der Waals surface area contributed by atoms with E-state index >= 15 is 0 Å². The summed E-state index contributed by atoms with van der Waals surface area (Å²) in [6.45, 7) is 1.96. The van der Waals surface area contributed by atoms with Gasteiger partial charge in [0.2, 0.25) is 0 Å². The zero-order chi connectivity index (χ0) is 12.7. The van der Waals surface area contributed by atoms with Crippen LogP contribution in [0.1, 0.15) is 5.56 Å². The number of rotatable bonds is 1. The number of H-pyrrole nitrogens is 1. The molecular weight excluding hydrogens is 297 g/mol. The van der Waals surface area contributed by atoms with Crippen LogP contribution in [-0.2, 0) is 0 Å². The van der Waals surface area contributed by atoms with Gasteiger partial charge >= 0.3 is 0 Å². The first kappa shape index (κ1) is 11.3. The van der Waals surface area contributed by atoms with Gasteiger partial charge in [-0.15, -0.1) is 0 Å². The molecule has 0 radical (unpaired) electrons. The molecule has 2 heterocycles. The molecule has 90 valence electrons. The zero-order valence-electron chi connectivity index (χ0n) is 9.54. The van der Waals surface area contributed by atoms with Crippen molar-refractivity contribution in [3.63, 3.8) is 0 Å². The Kier molecular flexibility index (Phi) is 2.63. The zero-order valence-corrected chi connectivity index (χ0v) is 11.1. The summed E-state index contributed by atoms with van der Waals surface area (Å²) in [5, 5.41) is 0. The van der Waals surface area contributed by atoms with Crippen LogP contribution in [0.4, 0.5) is 4.39 Å². The van der Waals surface area contributed by atoms with Crippen LogP contribution in [-0.4, -0.2) is 15.0 Å². The summed E-state index contributed by atoms with van der Waals surface area (Å²) in [5.41, 5.74) is 3.18. The van der Waals surface area contributed by atoms with Gasteiger partial charge in [0.25, 0.3) is 0 Å². The number of nitrogens with zero attached hydrogens (tertiary/aromatic N) is 2. The molecule has 3 nitrogen and oxygen atoms in total. The predicted molar refractivity (Wildman–Crippen MR) is 71.7 cm³/mol. The topological polar surface area (TPSA) is 41.6 Å². The third-order valence-electron chi connectivity index (χ3n) is 2.76. The maximum absolute atomic E-state index is 13.4. The first-order valence-electron chi connectivity index (χ1n) is 5.42. The molecular formula is C13H9BrFN3. The minimum atomic E-state index is -0.310. The van der Waals surface area contributed by atoms with E-state index in [2.05, 4.69) is 30.9 Å². The number of fused-ring (bicyclic) bond motifs is 1. The monoisotopic (exact) mass is 305 g/mol. The fourth-order valence-electron chi connectivity index (χ4n) is 1.85. The van der Waals surface area contributed by atoms with Crippen molar-refractivity contribution in [2.24, 2.45) is 0 Å². The summed E-state index contributed by atoms with van der Waals surface area (Å²) in [4.78, 5) is 11.8. The molecule has 3 aromatic rings. The van der Waals surface area contributed by atoms with Crippen LogP contribution >= 0.6 is 15.9 Å². The van der Waals surface area contributed by atoms with E-state index in [0.29, 0.717) is 21.3 Å². The van der Waals surface area contributed by atoms with Crippen LogP contribution in [0, 0.1) is 12.7 Å². The van der Waals surface area contributed by atoms with Gasteiger partial charge in [-0.1, -0.05) is 6.07 Å². The second kappa shape index (κ2) is 4.17. The molecule has 0 spiro atoms. The highest BCUT2D eigenvalue weighted by atomic mass is 79.9. The summed E-state index contributed by atoms with van der Waals surface area (Å²) < 4.78 is 13.8. The Balaban J connectivity index is 2.23. The standard InChI is InChI=1S/C13H9BrFN3/c1-7-3-2-4-16-12(7)13-17-10-5-8(14)9(15)6-11(10)18-13/h2-6H,1H3,(H,17,18). The number of nitrogens with one attached hydrogen (secondary N) is 1. The van der Waals surface area contributed by atoms with E-state index in [1.807, 2.05) is 19.1 Å². The van der Waals surface area contributed by atoms with E-state index in [0.717, 1.165) is 11.3 Å². The van der Waals surface area contributed by atoms with Crippen molar-refractivity contribution in [2.45, 2.75) is 6.92 Å². The van der Waals surface area contributed by atoms with Crippen LogP contribution in [0.3, 0.4) is 0 Å².